The van der Waals surface area contributed by atoms with Gasteiger partial charge in [-0.3, -0.25) is 0 Å². The highest BCUT2D eigenvalue weighted by Crippen LogP contribution is 2.44. The van der Waals surface area contributed by atoms with Crippen LogP contribution in [-0.4, -0.2) is 10.7 Å². The monoisotopic (exact) mass is 839 g/mol. The van der Waals surface area contributed by atoms with Gasteiger partial charge in [-0.1, -0.05) is 136 Å². The molecule has 1 aliphatic rings. The maximum absolute atomic E-state index is 10.5. The molecule has 0 saturated heterocycles. The molecular formula is C59H98O2. The Morgan fingerprint density at radius 1 is 0.525 bits per heavy atom. The van der Waals surface area contributed by atoms with E-state index >= 15 is 0 Å². The van der Waals surface area contributed by atoms with E-state index in [1.54, 1.807) is 11.1 Å². The summed E-state index contributed by atoms with van der Waals surface area (Å²) in [4.78, 5) is 0. The lowest BCUT2D eigenvalue weighted by Gasteiger charge is -2.38. The highest BCUT2D eigenvalue weighted by atomic mass is 16.5. The van der Waals surface area contributed by atoms with Crippen molar-refractivity contribution in [1.29, 1.82) is 0 Å². The fraction of sp³-hybridized carbons (Fsp3) is 0.695. The van der Waals surface area contributed by atoms with E-state index in [0.717, 1.165) is 72.3 Å². The highest BCUT2D eigenvalue weighted by Gasteiger charge is 2.34. The third-order valence-electron chi connectivity index (χ3n) is 14.2. The fourth-order valence-electron chi connectivity index (χ4n) is 9.23. The number of ether oxygens (including phenoxy) is 1. The molecule has 4 unspecified atom stereocenters. The van der Waals surface area contributed by atoms with Crippen LogP contribution in [0.5, 0.6) is 11.5 Å². The van der Waals surface area contributed by atoms with E-state index < -0.39 is 0 Å². The Morgan fingerprint density at radius 3 is 1.38 bits per heavy atom. The van der Waals surface area contributed by atoms with Crippen molar-refractivity contribution in [2.45, 2.75) is 250 Å². The number of rotatable bonds is 30. The van der Waals surface area contributed by atoms with Crippen LogP contribution in [0.15, 0.2) is 69.9 Å². The lowest BCUT2D eigenvalue weighted by molar-refractivity contribution is 0.0511. The van der Waals surface area contributed by atoms with Gasteiger partial charge in [0.1, 0.15) is 17.1 Å². The van der Waals surface area contributed by atoms with Gasteiger partial charge in [-0.05, 0) is 213 Å². The molecular weight excluding hydrogens is 741 g/mol. The number of hydrogen-bond donors (Lipinski definition) is 1. The number of phenolic OH excluding ortho intramolecular Hbond substituents is 1. The second kappa shape index (κ2) is 29.6. The summed E-state index contributed by atoms with van der Waals surface area (Å²) in [5, 5.41) is 10.5. The van der Waals surface area contributed by atoms with Crippen LogP contribution >= 0.6 is 0 Å². The van der Waals surface area contributed by atoms with Crippen molar-refractivity contribution >= 4 is 0 Å². The minimum atomic E-state index is -0.0942. The second-order valence-corrected chi connectivity index (χ2v) is 21.0. The summed E-state index contributed by atoms with van der Waals surface area (Å²) in [5.41, 5.74) is 13.3. The van der Waals surface area contributed by atoms with E-state index in [4.69, 9.17) is 4.74 Å². The van der Waals surface area contributed by atoms with E-state index in [1.807, 2.05) is 13.8 Å². The van der Waals surface area contributed by atoms with Crippen LogP contribution in [0.3, 0.4) is 0 Å². The smallest absolute Gasteiger partial charge is 0.127 e. The molecule has 0 saturated carbocycles. The van der Waals surface area contributed by atoms with Crippen molar-refractivity contribution in [2.24, 2.45) is 17.8 Å². The molecule has 1 aromatic rings. The molecule has 0 spiro atoms. The molecule has 0 radical (unpaired) electrons. The molecule has 4 atom stereocenters. The Hall–Kier alpha value is -2.74. The zero-order valence-corrected chi connectivity index (χ0v) is 42.8. The van der Waals surface area contributed by atoms with Crippen LogP contribution in [0, 0.1) is 38.5 Å². The average molecular weight is 839 g/mol. The van der Waals surface area contributed by atoms with Crippen LogP contribution in [0.1, 0.15) is 240 Å². The lowest BCUT2D eigenvalue weighted by Crippen LogP contribution is -2.37. The van der Waals surface area contributed by atoms with E-state index in [9.17, 15) is 5.11 Å². The minimum absolute atomic E-state index is 0.0942. The molecule has 1 heterocycles. The van der Waals surface area contributed by atoms with Crippen LogP contribution < -0.4 is 4.74 Å². The SMILES string of the molecule is CC(C)=CCCC(C)=CCCC(C)=CCCC=C(C)CCC=C(C)CCC=C(C)CCC(C)CCCC(C)CCCC(C)CCCC1(C)CCc2c(C)c(O)c(C)c(C)c2O1. The van der Waals surface area contributed by atoms with Gasteiger partial charge in [-0.25, -0.2) is 0 Å². The fourth-order valence-corrected chi connectivity index (χ4v) is 9.23. The summed E-state index contributed by atoms with van der Waals surface area (Å²) in [6.07, 6.45) is 42.9. The van der Waals surface area contributed by atoms with Crippen LogP contribution in [0.4, 0.5) is 0 Å². The third-order valence-corrected chi connectivity index (χ3v) is 14.2. The summed E-state index contributed by atoms with van der Waals surface area (Å²) >= 11 is 0. The molecule has 61 heavy (non-hydrogen) atoms. The Labute approximate surface area is 380 Å². The first-order valence-electron chi connectivity index (χ1n) is 25.3. The van der Waals surface area contributed by atoms with Gasteiger partial charge in [0, 0.05) is 5.56 Å². The Bertz CT molecular complexity index is 1620. The van der Waals surface area contributed by atoms with Gasteiger partial charge in [-0.15, -0.1) is 0 Å². The quantitative estimate of drug-likeness (QED) is 0.0618. The maximum Gasteiger partial charge on any atom is 0.127 e. The third kappa shape index (κ3) is 23.0. The van der Waals surface area contributed by atoms with E-state index in [2.05, 4.69) is 120 Å². The number of benzene rings is 1. The molecule has 1 aliphatic heterocycles. The largest absolute Gasteiger partial charge is 0.507 e. The van der Waals surface area contributed by atoms with E-state index in [0.29, 0.717) is 5.75 Å². The normalized spacial score (nSPS) is 18.2. The van der Waals surface area contributed by atoms with Crippen molar-refractivity contribution in [3.63, 3.8) is 0 Å². The van der Waals surface area contributed by atoms with Crippen molar-refractivity contribution in [3.8, 4) is 11.5 Å². The minimum Gasteiger partial charge on any atom is -0.507 e. The van der Waals surface area contributed by atoms with Gasteiger partial charge in [0.25, 0.3) is 0 Å². The molecule has 346 valence electrons. The highest BCUT2D eigenvalue weighted by molar-refractivity contribution is 5.58. The Morgan fingerprint density at radius 2 is 0.918 bits per heavy atom. The molecule has 2 nitrogen and oxygen atoms in total. The number of phenols is 1. The molecule has 0 aromatic heterocycles. The molecule has 1 N–H and O–H groups in total. The van der Waals surface area contributed by atoms with Crippen molar-refractivity contribution < 1.29 is 9.84 Å². The van der Waals surface area contributed by atoms with Crippen molar-refractivity contribution in [3.05, 3.63) is 92.1 Å². The first-order chi connectivity index (χ1) is 28.9. The van der Waals surface area contributed by atoms with Crippen LogP contribution in [-0.2, 0) is 6.42 Å². The number of fused-ring (bicyclic) bond motifs is 1. The first-order valence-corrected chi connectivity index (χ1v) is 25.3. The lowest BCUT2D eigenvalue weighted by atomic mass is 9.84. The zero-order valence-electron chi connectivity index (χ0n) is 42.8. The predicted octanol–water partition coefficient (Wildman–Crippen LogP) is 19.2. The maximum atomic E-state index is 10.5. The van der Waals surface area contributed by atoms with E-state index in [-0.39, 0.29) is 5.60 Å². The summed E-state index contributed by atoms with van der Waals surface area (Å²) in [5.74, 6) is 3.94. The van der Waals surface area contributed by atoms with Crippen LogP contribution in [0.25, 0.3) is 0 Å². The summed E-state index contributed by atoms with van der Waals surface area (Å²) in [7, 11) is 0. The van der Waals surface area contributed by atoms with Crippen LogP contribution in [0.2, 0.25) is 0 Å². The first kappa shape index (κ1) is 54.4. The van der Waals surface area contributed by atoms with Gasteiger partial charge in [0.05, 0.1) is 0 Å². The Kier molecular flexibility index (Phi) is 26.4. The molecule has 0 bridgehead atoms. The van der Waals surface area contributed by atoms with Gasteiger partial charge in [-0.2, -0.15) is 0 Å². The number of unbranched alkanes of at least 4 members (excludes halogenated alkanes) is 1. The van der Waals surface area contributed by atoms with Gasteiger partial charge in [0.2, 0.25) is 0 Å². The molecule has 0 aliphatic carbocycles. The summed E-state index contributed by atoms with van der Waals surface area (Å²) in [6, 6.07) is 0. The average Bonchev–Trinajstić information content (AvgIpc) is 3.19. The molecule has 1 aromatic carbocycles. The molecule has 2 heteroatoms. The number of aromatic hydroxyl groups is 1. The van der Waals surface area contributed by atoms with E-state index in [1.165, 1.54) is 143 Å². The number of allylic oxidation sites excluding steroid dienone is 12. The topological polar surface area (TPSA) is 29.5 Å². The predicted molar refractivity (Wildman–Crippen MR) is 272 cm³/mol. The second-order valence-electron chi connectivity index (χ2n) is 21.0. The molecule has 0 amide bonds. The van der Waals surface area contributed by atoms with Crippen molar-refractivity contribution in [1.82, 2.24) is 0 Å². The molecule has 0 fully saturated rings. The number of hydrogen-bond acceptors (Lipinski definition) is 2. The summed E-state index contributed by atoms with van der Waals surface area (Å²) in [6.45, 7) is 31.8. The zero-order chi connectivity index (χ0) is 45.4. The molecule has 2 rings (SSSR count). The van der Waals surface area contributed by atoms with Gasteiger partial charge >= 0.3 is 0 Å². The standard InChI is InChI=1S/C59H98O2/c1-44(2)24-17-27-47(5)30-18-28-45(3)25-15-16-26-46(4)29-19-31-48(6)33-21-36-51(9)39-40-52(10)37-22-34-49(7)32-20-35-50(8)38-23-42-59(14)43-41-56-55(13)57(60)53(11)54(12)58(56)61-59/h24-26,30-31,36,49-50,52,60H,15-23,27-29,32-35,37-43H2,1-14H3. The van der Waals surface area contributed by atoms with Crippen molar-refractivity contribution in [2.75, 3.05) is 0 Å². The van der Waals surface area contributed by atoms with Gasteiger partial charge < -0.3 is 9.84 Å². The summed E-state index contributed by atoms with van der Waals surface area (Å²) < 4.78 is 6.69. The Balaban J connectivity index is 1.52. The van der Waals surface area contributed by atoms with Gasteiger partial charge in [0.15, 0.2) is 0 Å².